The fourth-order valence-electron chi connectivity index (χ4n) is 3.42. The standard InChI is InChI=1S/C18H30N2O/c1-17(2,13-20-11-12-21-14-18(20,3)4)16(19-5)15-9-7-6-8-10-15/h6-10,16,19H,11-14H2,1-5H3. The zero-order chi connectivity index (χ0) is 15.5. The maximum Gasteiger partial charge on any atom is 0.0645 e. The Bertz CT molecular complexity index is 442. The molecule has 0 saturated carbocycles. The van der Waals surface area contributed by atoms with Crippen LogP contribution in [0.2, 0.25) is 0 Å². The lowest BCUT2D eigenvalue weighted by molar-refractivity contribution is -0.0683. The topological polar surface area (TPSA) is 24.5 Å². The molecule has 1 atom stereocenters. The molecular formula is C18H30N2O. The fourth-order valence-corrected chi connectivity index (χ4v) is 3.42. The van der Waals surface area contributed by atoms with Crippen LogP contribution < -0.4 is 5.32 Å². The third-order valence-electron chi connectivity index (χ3n) is 4.62. The first-order valence-corrected chi connectivity index (χ1v) is 7.92. The van der Waals surface area contributed by atoms with Crippen molar-refractivity contribution in [2.24, 2.45) is 5.41 Å². The number of hydrogen-bond donors (Lipinski definition) is 1. The highest BCUT2D eigenvalue weighted by Crippen LogP contribution is 2.36. The Morgan fingerprint density at radius 2 is 1.95 bits per heavy atom. The quantitative estimate of drug-likeness (QED) is 0.902. The lowest BCUT2D eigenvalue weighted by Crippen LogP contribution is -2.56. The third-order valence-corrected chi connectivity index (χ3v) is 4.62. The lowest BCUT2D eigenvalue weighted by atomic mass is 9.79. The van der Waals surface area contributed by atoms with E-state index in [1.165, 1.54) is 5.56 Å². The highest BCUT2D eigenvalue weighted by atomic mass is 16.5. The van der Waals surface area contributed by atoms with E-state index < -0.39 is 0 Å². The average Bonchev–Trinajstić information content (AvgIpc) is 2.42. The first kappa shape index (κ1) is 16.5. The van der Waals surface area contributed by atoms with Crippen LogP contribution in [-0.4, -0.2) is 43.8 Å². The number of rotatable bonds is 5. The SMILES string of the molecule is CNC(c1ccccc1)C(C)(C)CN1CCOCC1(C)C. The number of nitrogens with one attached hydrogen (secondary N) is 1. The molecule has 0 amide bonds. The van der Waals surface area contributed by atoms with Gasteiger partial charge in [-0.15, -0.1) is 0 Å². The van der Waals surface area contributed by atoms with Crippen molar-refractivity contribution in [3.8, 4) is 0 Å². The number of morpholine rings is 1. The van der Waals surface area contributed by atoms with Crippen molar-refractivity contribution in [1.29, 1.82) is 0 Å². The maximum absolute atomic E-state index is 5.64. The number of ether oxygens (including phenoxy) is 1. The van der Waals surface area contributed by atoms with Gasteiger partial charge in [-0.05, 0) is 31.9 Å². The summed E-state index contributed by atoms with van der Waals surface area (Å²) in [6.45, 7) is 13.0. The van der Waals surface area contributed by atoms with Crippen molar-refractivity contribution >= 4 is 0 Å². The number of nitrogens with zero attached hydrogens (tertiary/aromatic N) is 1. The van der Waals surface area contributed by atoms with Gasteiger partial charge in [0, 0.05) is 24.7 Å². The number of hydrogen-bond acceptors (Lipinski definition) is 3. The molecule has 3 nitrogen and oxygen atoms in total. The van der Waals surface area contributed by atoms with Crippen molar-refractivity contribution in [3.63, 3.8) is 0 Å². The van der Waals surface area contributed by atoms with Gasteiger partial charge in [-0.3, -0.25) is 4.90 Å². The highest BCUT2D eigenvalue weighted by Gasteiger charge is 2.38. The second-order valence-corrected chi connectivity index (χ2v) is 7.41. The Labute approximate surface area is 129 Å². The molecule has 1 aliphatic heterocycles. The van der Waals surface area contributed by atoms with E-state index in [0.29, 0.717) is 6.04 Å². The molecule has 0 aliphatic carbocycles. The molecule has 0 bridgehead atoms. The molecule has 1 saturated heterocycles. The summed E-state index contributed by atoms with van der Waals surface area (Å²) in [6, 6.07) is 11.1. The predicted octanol–water partition coefficient (Wildman–Crippen LogP) is 3.08. The molecule has 3 heteroatoms. The van der Waals surface area contributed by atoms with Gasteiger partial charge in [0.05, 0.1) is 13.2 Å². The summed E-state index contributed by atoms with van der Waals surface area (Å²) in [5.74, 6) is 0. The average molecular weight is 290 g/mol. The molecule has 1 heterocycles. The molecule has 0 aromatic heterocycles. The largest absolute Gasteiger partial charge is 0.378 e. The molecule has 21 heavy (non-hydrogen) atoms. The van der Waals surface area contributed by atoms with Crippen LogP contribution in [0, 0.1) is 5.41 Å². The molecule has 0 radical (unpaired) electrons. The van der Waals surface area contributed by atoms with Crippen molar-refractivity contribution in [2.45, 2.75) is 39.3 Å². The van der Waals surface area contributed by atoms with Gasteiger partial charge < -0.3 is 10.1 Å². The van der Waals surface area contributed by atoms with Crippen molar-refractivity contribution in [2.75, 3.05) is 33.4 Å². The first-order valence-electron chi connectivity index (χ1n) is 7.92. The minimum atomic E-state index is 0.116. The van der Waals surface area contributed by atoms with Crippen LogP contribution in [0.25, 0.3) is 0 Å². The van der Waals surface area contributed by atoms with Gasteiger partial charge in [0.2, 0.25) is 0 Å². The van der Waals surface area contributed by atoms with Crippen LogP contribution >= 0.6 is 0 Å². The summed E-state index contributed by atoms with van der Waals surface area (Å²) in [5.41, 5.74) is 1.62. The summed E-state index contributed by atoms with van der Waals surface area (Å²) in [7, 11) is 2.06. The summed E-state index contributed by atoms with van der Waals surface area (Å²) in [6.07, 6.45) is 0. The van der Waals surface area contributed by atoms with E-state index in [0.717, 1.165) is 26.3 Å². The molecule has 0 spiro atoms. The Hall–Kier alpha value is -0.900. The summed E-state index contributed by atoms with van der Waals surface area (Å²) < 4.78 is 5.64. The van der Waals surface area contributed by atoms with Gasteiger partial charge in [-0.2, -0.15) is 0 Å². The van der Waals surface area contributed by atoms with E-state index in [2.05, 4.69) is 75.3 Å². The smallest absolute Gasteiger partial charge is 0.0645 e. The van der Waals surface area contributed by atoms with E-state index >= 15 is 0 Å². The van der Waals surface area contributed by atoms with E-state index in [1.807, 2.05) is 0 Å². The minimum absolute atomic E-state index is 0.116. The monoisotopic (exact) mass is 290 g/mol. The van der Waals surface area contributed by atoms with E-state index in [4.69, 9.17) is 4.74 Å². The van der Waals surface area contributed by atoms with Crippen molar-refractivity contribution < 1.29 is 4.74 Å². The molecule has 1 unspecified atom stereocenters. The second kappa shape index (κ2) is 6.47. The van der Waals surface area contributed by atoms with E-state index in [1.54, 1.807) is 0 Å². The fraction of sp³-hybridized carbons (Fsp3) is 0.667. The molecule has 1 aromatic carbocycles. The molecule has 1 aliphatic rings. The van der Waals surface area contributed by atoms with Crippen molar-refractivity contribution in [3.05, 3.63) is 35.9 Å². The molecule has 118 valence electrons. The van der Waals surface area contributed by atoms with Gasteiger partial charge >= 0.3 is 0 Å². The molecular weight excluding hydrogens is 260 g/mol. The maximum atomic E-state index is 5.64. The lowest BCUT2D eigenvalue weighted by Gasteiger charge is -2.47. The van der Waals surface area contributed by atoms with Crippen LogP contribution in [0.5, 0.6) is 0 Å². The van der Waals surface area contributed by atoms with E-state index in [9.17, 15) is 0 Å². The molecule has 1 N–H and O–H groups in total. The zero-order valence-electron chi connectivity index (χ0n) is 14.1. The van der Waals surface area contributed by atoms with Crippen LogP contribution in [0.4, 0.5) is 0 Å². The Kier molecular flexibility index (Phi) is 5.07. The van der Waals surface area contributed by atoms with Gasteiger partial charge in [-0.1, -0.05) is 44.2 Å². The van der Waals surface area contributed by atoms with Gasteiger partial charge in [0.25, 0.3) is 0 Å². The minimum Gasteiger partial charge on any atom is -0.378 e. The normalized spacial score (nSPS) is 21.2. The van der Waals surface area contributed by atoms with Gasteiger partial charge in [0.15, 0.2) is 0 Å². The predicted molar refractivity (Wildman–Crippen MR) is 88.5 cm³/mol. The van der Waals surface area contributed by atoms with Crippen LogP contribution in [-0.2, 0) is 4.74 Å². The summed E-state index contributed by atoms with van der Waals surface area (Å²) >= 11 is 0. The van der Waals surface area contributed by atoms with Gasteiger partial charge in [-0.25, -0.2) is 0 Å². The Balaban J connectivity index is 2.16. The second-order valence-electron chi connectivity index (χ2n) is 7.41. The molecule has 1 fully saturated rings. The van der Waals surface area contributed by atoms with Crippen molar-refractivity contribution in [1.82, 2.24) is 10.2 Å². The zero-order valence-corrected chi connectivity index (χ0v) is 14.1. The Morgan fingerprint density at radius 1 is 1.29 bits per heavy atom. The van der Waals surface area contributed by atoms with Crippen LogP contribution in [0.15, 0.2) is 30.3 Å². The van der Waals surface area contributed by atoms with Crippen LogP contribution in [0.3, 0.4) is 0 Å². The Morgan fingerprint density at radius 3 is 2.52 bits per heavy atom. The van der Waals surface area contributed by atoms with E-state index in [-0.39, 0.29) is 11.0 Å². The highest BCUT2D eigenvalue weighted by molar-refractivity contribution is 5.21. The summed E-state index contributed by atoms with van der Waals surface area (Å²) in [5, 5.41) is 3.52. The van der Waals surface area contributed by atoms with Gasteiger partial charge in [0.1, 0.15) is 0 Å². The molecule has 2 rings (SSSR count). The number of benzene rings is 1. The third kappa shape index (κ3) is 3.85. The molecule has 1 aromatic rings. The first-order chi connectivity index (χ1) is 9.87. The summed E-state index contributed by atoms with van der Waals surface area (Å²) in [4.78, 5) is 2.57. The van der Waals surface area contributed by atoms with Crippen LogP contribution in [0.1, 0.15) is 39.3 Å².